The molecule has 8 heterocycles. The van der Waals surface area contributed by atoms with E-state index in [-0.39, 0.29) is 41.2 Å². The number of pyridine rings is 1. The second-order valence-electron chi connectivity index (χ2n) is 16.5. The van der Waals surface area contributed by atoms with Crippen LogP contribution in [0, 0.1) is 5.82 Å². The molecule has 2 unspecified atom stereocenters. The summed E-state index contributed by atoms with van der Waals surface area (Å²) in [6, 6.07) is 9.38. The molecule has 14 heteroatoms. The number of rotatable bonds is 6. The van der Waals surface area contributed by atoms with E-state index in [4.69, 9.17) is 33.9 Å². The molecule has 6 aliphatic rings. The molecule has 13 nitrogen and oxygen atoms in total. The molecule has 4 saturated heterocycles. The highest BCUT2D eigenvalue weighted by molar-refractivity contribution is 6.02. The molecule has 0 radical (unpaired) electrons. The van der Waals surface area contributed by atoms with Crippen molar-refractivity contribution in [1.82, 2.24) is 30.1 Å². The molecular weight excluding hydrogens is 718 g/mol. The van der Waals surface area contributed by atoms with Crippen molar-refractivity contribution in [3.8, 4) is 23.0 Å². The Morgan fingerprint density at radius 1 is 1.05 bits per heavy atom. The van der Waals surface area contributed by atoms with Gasteiger partial charge in [0.15, 0.2) is 5.82 Å². The first-order valence-corrected chi connectivity index (χ1v) is 20.2. The van der Waals surface area contributed by atoms with Crippen LogP contribution in [0.1, 0.15) is 70.3 Å². The molecule has 2 aromatic heterocycles. The van der Waals surface area contributed by atoms with E-state index in [9.17, 15) is 9.59 Å². The molecule has 0 saturated carbocycles. The number of piperidine rings is 1. The summed E-state index contributed by atoms with van der Waals surface area (Å²) in [4.78, 5) is 47.6. The topological polar surface area (TPSA) is 131 Å². The Balaban J connectivity index is 1.19. The number of amides is 2. The van der Waals surface area contributed by atoms with Crippen LogP contribution in [0.2, 0.25) is 0 Å². The van der Waals surface area contributed by atoms with Crippen LogP contribution in [0.25, 0.3) is 32.9 Å². The number of hydrogen-bond donors (Lipinski definition) is 1. The normalized spacial score (nSPS) is 23.7. The van der Waals surface area contributed by atoms with Crippen LogP contribution in [0.5, 0.6) is 11.8 Å². The average Bonchev–Trinajstić information content (AvgIpc) is 3.92. The lowest BCUT2D eigenvalue weighted by atomic mass is 9.91. The Morgan fingerprint density at radius 2 is 1.89 bits per heavy atom. The Labute approximate surface area is 325 Å². The number of anilines is 1. The summed E-state index contributed by atoms with van der Waals surface area (Å²) in [6.07, 6.45) is 9.32. The predicted molar refractivity (Wildman–Crippen MR) is 209 cm³/mol. The summed E-state index contributed by atoms with van der Waals surface area (Å²) in [5.74, 6) is 0.171. The van der Waals surface area contributed by atoms with E-state index in [0.717, 1.165) is 80.8 Å². The second-order valence-corrected chi connectivity index (χ2v) is 16.5. The number of benzene rings is 2. The van der Waals surface area contributed by atoms with Crippen molar-refractivity contribution in [2.45, 2.75) is 88.3 Å². The van der Waals surface area contributed by atoms with Gasteiger partial charge in [-0.05, 0) is 113 Å². The van der Waals surface area contributed by atoms with Crippen molar-refractivity contribution in [3.63, 3.8) is 0 Å². The number of carbonyl (C=O) groups excluding carboxylic acids is 2. The third kappa shape index (κ3) is 6.84. The minimum atomic E-state index is -0.616. The van der Waals surface area contributed by atoms with Crippen LogP contribution in [-0.4, -0.2) is 114 Å². The third-order valence-electron chi connectivity index (χ3n) is 12.6. The number of ether oxygens (including phenoxy) is 4. The number of nitrogens with one attached hydrogen (secondary N) is 1. The molecule has 296 valence electrons. The van der Waals surface area contributed by atoms with Gasteiger partial charge in [-0.1, -0.05) is 18.2 Å². The molecule has 4 fully saturated rings. The Hall–Kier alpha value is -4.82. The highest BCUT2D eigenvalue weighted by Gasteiger charge is 2.45. The van der Waals surface area contributed by atoms with Gasteiger partial charge in [-0.15, -0.1) is 0 Å². The van der Waals surface area contributed by atoms with E-state index in [1.54, 1.807) is 24.3 Å². The molecule has 4 aromatic rings. The van der Waals surface area contributed by atoms with Crippen LogP contribution in [0.4, 0.5) is 19.8 Å². The Kier molecular flexibility index (Phi) is 9.81. The first kappa shape index (κ1) is 36.8. The highest BCUT2D eigenvalue weighted by Crippen LogP contribution is 2.42. The van der Waals surface area contributed by atoms with Crippen LogP contribution in [-0.2, 0) is 15.9 Å². The largest absolute Gasteiger partial charge is 0.461 e. The minimum Gasteiger partial charge on any atom is -0.461 e. The van der Waals surface area contributed by atoms with Crippen molar-refractivity contribution in [2.24, 2.45) is 0 Å². The summed E-state index contributed by atoms with van der Waals surface area (Å²) >= 11 is 0. The van der Waals surface area contributed by atoms with E-state index in [1.165, 1.54) is 0 Å². The zero-order valence-corrected chi connectivity index (χ0v) is 32.3. The maximum Gasteiger partial charge on any atom is 0.415 e. The van der Waals surface area contributed by atoms with Crippen LogP contribution >= 0.6 is 0 Å². The average molecular weight is 768 g/mol. The number of halogens is 1. The fraction of sp³-hybridized carbons (Fsp3) is 0.548. The molecule has 2 amide bonds. The van der Waals surface area contributed by atoms with Crippen molar-refractivity contribution >= 4 is 39.7 Å². The highest BCUT2D eigenvalue weighted by atomic mass is 19.1. The quantitative estimate of drug-likeness (QED) is 0.227. The number of carbonyl (C=O) groups is 2. The second kappa shape index (κ2) is 14.9. The first-order chi connectivity index (χ1) is 27.2. The lowest BCUT2D eigenvalue weighted by molar-refractivity contribution is 0.103. The molecular formula is C42H50FN7O6. The Morgan fingerprint density at radius 3 is 2.73 bits per heavy atom. The molecule has 0 spiro atoms. The molecule has 2 aromatic carbocycles. The summed E-state index contributed by atoms with van der Waals surface area (Å²) in [5.41, 5.74) is 0.889. The number of methoxy groups -OCH3 is 1. The fourth-order valence-electron chi connectivity index (χ4n) is 9.94. The van der Waals surface area contributed by atoms with Gasteiger partial charge in [0.2, 0.25) is 0 Å². The third-order valence-corrected chi connectivity index (χ3v) is 12.6. The minimum absolute atomic E-state index is 0.0630. The van der Waals surface area contributed by atoms with Crippen molar-refractivity contribution in [1.29, 1.82) is 0 Å². The van der Waals surface area contributed by atoms with E-state index < -0.39 is 23.5 Å². The van der Waals surface area contributed by atoms with Gasteiger partial charge in [-0.3, -0.25) is 9.88 Å². The number of aryl methyl sites for hydroxylation is 1. The van der Waals surface area contributed by atoms with Gasteiger partial charge in [0.05, 0.1) is 35.7 Å². The van der Waals surface area contributed by atoms with Gasteiger partial charge in [0.1, 0.15) is 29.4 Å². The lowest BCUT2D eigenvalue weighted by Gasteiger charge is -2.41. The molecule has 0 aliphatic carbocycles. The summed E-state index contributed by atoms with van der Waals surface area (Å²) in [5, 5.41) is 5.09. The SMILES string of the molecule is COCC1CCCN1C(=O)Oc1cc2c3c(cccc3c1)CCCOC(=O)NC1(C)CCCN(C1)c1nc(OCC34CCCN3CCC4)nc3c(F)c-2ncc13. The molecule has 2 atom stereocenters. The van der Waals surface area contributed by atoms with E-state index >= 15 is 4.39 Å². The maximum atomic E-state index is 17.6. The van der Waals surface area contributed by atoms with E-state index in [2.05, 4.69) is 15.1 Å². The maximum absolute atomic E-state index is 17.6. The van der Waals surface area contributed by atoms with Gasteiger partial charge in [-0.25, -0.2) is 14.0 Å². The monoisotopic (exact) mass is 767 g/mol. The van der Waals surface area contributed by atoms with Crippen molar-refractivity contribution in [2.75, 3.05) is 64.6 Å². The molecule has 10 rings (SSSR count). The van der Waals surface area contributed by atoms with Crippen LogP contribution in [0.15, 0.2) is 36.5 Å². The standard InChI is InChI=1S/C42H50FN7O6/c1-41-13-6-16-48(25-41)37-32-23-44-35(34(43)36(32)45-38(46-37)55-26-42-14-7-17-49(42)18-8-15-42)31-22-30(56-40(52)50-19-4-12-29(50)24-53-2)21-28-10-3-9-27(33(28)31)11-5-20-54-39(51)47-41/h3,9-10,21-23,29H,4-8,11-20,24-26H2,1-2H3,(H,47,51). The predicted octanol–water partition coefficient (Wildman–Crippen LogP) is 6.63. The van der Waals surface area contributed by atoms with Crippen molar-refractivity contribution in [3.05, 3.63) is 47.9 Å². The van der Waals surface area contributed by atoms with E-state index in [0.29, 0.717) is 62.5 Å². The molecule has 56 heavy (non-hydrogen) atoms. The first-order valence-electron chi connectivity index (χ1n) is 20.2. The van der Waals surface area contributed by atoms with Crippen LogP contribution < -0.4 is 19.7 Å². The van der Waals surface area contributed by atoms with Gasteiger partial charge in [0, 0.05) is 38.5 Å². The summed E-state index contributed by atoms with van der Waals surface area (Å²) in [6.45, 7) is 6.79. The zero-order chi connectivity index (χ0) is 38.4. The molecule has 6 bridgehead atoms. The number of alkyl carbamates (subject to hydrolysis) is 1. The van der Waals surface area contributed by atoms with Gasteiger partial charge < -0.3 is 34.1 Å². The number of fused-ring (bicyclic) bond motifs is 7. The molecule has 6 aliphatic heterocycles. The number of hydrogen-bond acceptors (Lipinski definition) is 11. The van der Waals surface area contributed by atoms with Gasteiger partial charge in [-0.2, -0.15) is 9.97 Å². The summed E-state index contributed by atoms with van der Waals surface area (Å²) in [7, 11) is 1.62. The van der Waals surface area contributed by atoms with Crippen molar-refractivity contribution < 1.29 is 32.9 Å². The number of likely N-dealkylation sites (tertiary alicyclic amines) is 1. The molecule has 1 N–H and O–H groups in total. The van der Waals surface area contributed by atoms with Gasteiger partial charge >= 0.3 is 18.2 Å². The van der Waals surface area contributed by atoms with E-state index in [1.807, 2.05) is 31.2 Å². The van der Waals surface area contributed by atoms with Crippen LogP contribution in [0.3, 0.4) is 0 Å². The van der Waals surface area contributed by atoms with Gasteiger partial charge in [0.25, 0.3) is 0 Å². The fourth-order valence-corrected chi connectivity index (χ4v) is 9.94. The Bertz CT molecular complexity index is 2160. The number of aromatic nitrogens is 3. The number of nitrogens with zero attached hydrogens (tertiary/aromatic N) is 6. The smallest absolute Gasteiger partial charge is 0.415 e. The lowest BCUT2D eigenvalue weighted by Crippen LogP contribution is -2.57. The summed E-state index contributed by atoms with van der Waals surface area (Å²) < 4.78 is 41.2. The zero-order valence-electron chi connectivity index (χ0n) is 32.3.